The summed E-state index contributed by atoms with van der Waals surface area (Å²) in [6, 6.07) is 12.5. The molecular weight excluding hydrogens is 374 g/mol. The zero-order valence-corrected chi connectivity index (χ0v) is 18.4. The number of rotatable bonds is 7. The van der Waals surface area contributed by atoms with Gasteiger partial charge < -0.3 is 9.73 Å². The Morgan fingerprint density at radius 2 is 1.83 bits per heavy atom. The molecule has 2 fully saturated rings. The van der Waals surface area contributed by atoms with Crippen molar-refractivity contribution in [3.63, 3.8) is 0 Å². The predicted octanol–water partition coefficient (Wildman–Crippen LogP) is 4.39. The Morgan fingerprint density at radius 3 is 2.57 bits per heavy atom. The van der Waals surface area contributed by atoms with Crippen LogP contribution in [-0.4, -0.2) is 48.4 Å². The number of benzene rings is 1. The van der Waals surface area contributed by atoms with E-state index in [9.17, 15) is 4.79 Å². The van der Waals surface area contributed by atoms with Crippen molar-refractivity contribution in [2.75, 3.05) is 32.7 Å². The normalized spacial score (nSPS) is 19.8. The van der Waals surface area contributed by atoms with Crippen LogP contribution in [0.1, 0.15) is 66.1 Å². The number of hydrogen-bond donors (Lipinski definition) is 1. The minimum Gasteiger partial charge on any atom is -0.455 e. The van der Waals surface area contributed by atoms with E-state index in [0.29, 0.717) is 12.3 Å². The highest BCUT2D eigenvalue weighted by molar-refractivity contribution is 5.91. The van der Waals surface area contributed by atoms with Gasteiger partial charge in [-0.15, -0.1) is 0 Å². The summed E-state index contributed by atoms with van der Waals surface area (Å²) in [6.45, 7) is 10.3. The lowest BCUT2D eigenvalue weighted by Gasteiger charge is -2.37. The molecule has 1 aromatic heterocycles. The predicted molar refractivity (Wildman–Crippen MR) is 119 cm³/mol. The van der Waals surface area contributed by atoms with Gasteiger partial charge in [-0.1, -0.05) is 31.2 Å². The van der Waals surface area contributed by atoms with Gasteiger partial charge in [0.05, 0.1) is 12.6 Å². The lowest BCUT2D eigenvalue weighted by molar-refractivity contribution is 0.0883. The van der Waals surface area contributed by atoms with Gasteiger partial charge in [-0.3, -0.25) is 14.6 Å². The molecule has 1 N–H and O–H groups in total. The van der Waals surface area contributed by atoms with Crippen molar-refractivity contribution in [3.05, 3.63) is 59.0 Å². The third-order valence-corrected chi connectivity index (χ3v) is 6.73. The molecule has 30 heavy (non-hydrogen) atoms. The fourth-order valence-electron chi connectivity index (χ4n) is 4.76. The summed E-state index contributed by atoms with van der Waals surface area (Å²) in [4.78, 5) is 17.7. The van der Waals surface area contributed by atoms with Crippen molar-refractivity contribution >= 4 is 5.91 Å². The van der Waals surface area contributed by atoms with Gasteiger partial charge in [0.2, 0.25) is 0 Å². The van der Waals surface area contributed by atoms with Crippen LogP contribution in [0.4, 0.5) is 0 Å². The largest absolute Gasteiger partial charge is 0.455 e. The van der Waals surface area contributed by atoms with Crippen molar-refractivity contribution < 1.29 is 9.21 Å². The molecule has 5 nitrogen and oxygen atoms in total. The molecule has 1 unspecified atom stereocenters. The Balaban J connectivity index is 1.41. The second-order valence-electron chi connectivity index (χ2n) is 9.05. The maximum Gasteiger partial charge on any atom is 0.287 e. The van der Waals surface area contributed by atoms with E-state index in [-0.39, 0.29) is 11.9 Å². The van der Waals surface area contributed by atoms with Crippen molar-refractivity contribution in [2.24, 2.45) is 5.92 Å². The number of nitrogens with one attached hydrogen (secondary N) is 1. The van der Waals surface area contributed by atoms with Crippen molar-refractivity contribution in [1.29, 1.82) is 0 Å². The topological polar surface area (TPSA) is 48.7 Å². The minimum atomic E-state index is -0.119. The lowest BCUT2D eigenvalue weighted by atomic mass is 9.94. The number of carbonyl (C=O) groups is 1. The molecule has 1 aromatic carbocycles. The second kappa shape index (κ2) is 9.80. The number of amides is 1. The molecule has 5 heteroatoms. The van der Waals surface area contributed by atoms with Gasteiger partial charge in [0.15, 0.2) is 5.76 Å². The highest BCUT2D eigenvalue weighted by Crippen LogP contribution is 2.28. The molecule has 4 rings (SSSR count). The van der Waals surface area contributed by atoms with Crippen LogP contribution in [0.3, 0.4) is 0 Å². The van der Waals surface area contributed by atoms with Crippen LogP contribution in [-0.2, 0) is 6.54 Å². The van der Waals surface area contributed by atoms with Gasteiger partial charge in [0.25, 0.3) is 5.91 Å². The van der Waals surface area contributed by atoms with E-state index in [1.54, 1.807) is 0 Å². The van der Waals surface area contributed by atoms with Crippen LogP contribution in [0, 0.1) is 12.8 Å². The van der Waals surface area contributed by atoms with E-state index in [1.807, 2.05) is 12.1 Å². The van der Waals surface area contributed by atoms with Crippen LogP contribution >= 0.6 is 0 Å². The highest BCUT2D eigenvalue weighted by atomic mass is 16.4. The summed E-state index contributed by atoms with van der Waals surface area (Å²) in [5.74, 6) is 1.96. The Hall–Kier alpha value is -2.11. The average molecular weight is 410 g/mol. The number of hydrogen-bond acceptors (Lipinski definition) is 4. The molecule has 1 amide bonds. The van der Waals surface area contributed by atoms with Crippen molar-refractivity contribution in [3.8, 4) is 0 Å². The van der Waals surface area contributed by atoms with Gasteiger partial charge in [0, 0.05) is 6.54 Å². The lowest BCUT2D eigenvalue weighted by Crippen LogP contribution is -2.42. The minimum absolute atomic E-state index is 0.119. The van der Waals surface area contributed by atoms with Crippen LogP contribution < -0.4 is 5.32 Å². The third kappa shape index (κ3) is 5.13. The molecule has 1 atom stereocenters. The molecule has 2 aliphatic heterocycles. The summed E-state index contributed by atoms with van der Waals surface area (Å²) in [5.41, 5.74) is 2.59. The molecule has 3 heterocycles. The van der Waals surface area contributed by atoms with Crippen LogP contribution in [0.5, 0.6) is 0 Å². The molecule has 0 saturated carbocycles. The Bertz CT molecular complexity index is 832. The molecular formula is C25H35N3O2. The van der Waals surface area contributed by atoms with E-state index in [4.69, 9.17) is 4.42 Å². The summed E-state index contributed by atoms with van der Waals surface area (Å²) >= 11 is 0. The van der Waals surface area contributed by atoms with Crippen molar-refractivity contribution in [1.82, 2.24) is 15.1 Å². The summed E-state index contributed by atoms with van der Waals surface area (Å²) in [7, 11) is 0. The zero-order valence-electron chi connectivity index (χ0n) is 18.4. The number of aryl methyl sites for hydroxylation is 1. The summed E-state index contributed by atoms with van der Waals surface area (Å²) in [5, 5.41) is 3.15. The quantitative estimate of drug-likeness (QED) is 0.737. The number of piperidine rings is 1. The van der Waals surface area contributed by atoms with Crippen molar-refractivity contribution in [2.45, 2.75) is 52.1 Å². The summed E-state index contributed by atoms with van der Waals surface area (Å²) < 4.78 is 5.86. The molecule has 0 radical (unpaired) electrons. The van der Waals surface area contributed by atoms with E-state index >= 15 is 0 Å². The Morgan fingerprint density at radius 1 is 1.10 bits per heavy atom. The molecule has 0 aliphatic carbocycles. The van der Waals surface area contributed by atoms with E-state index in [0.717, 1.165) is 44.4 Å². The van der Waals surface area contributed by atoms with Gasteiger partial charge in [0.1, 0.15) is 5.76 Å². The second-order valence-corrected chi connectivity index (χ2v) is 9.05. The fourth-order valence-corrected chi connectivity index (χ4v) is 4.76. The molecule has 2 aliphatic rings. The number of nitrogens with zero attached hydrogens (tertiary/aromatic N) is 2. The Kier molecular flexibility index (Phi) is 6.90. The van der Waals surface area contributed by atoms with E-state index in [2.05, 4.69) is 53.2 Å². The first-order valence-electron chi connectivity index (χ1n) is 11.5. The molecule has 0 spiro atoms. The number of carbonyl (C=O) groups excluding carboxylic acids is 1. The van der Waals surface area contributed by atoms with Gasteiger partial charge in [-0.25, -0.2) is 0 Å². The first-order valence-corrected chi connectivity index (χ1v) is 11.5. The SMILES string of the molecule is Cc1ccccc1C(CNC(=O)c1ccc(CN2CCCC2)o1)N1CCC(C)CC1. The third-order valence-electron chi connectivity index (χ3n) is 6.73. The van der Waals surface area contributed by atoms with Gasteiger partial charge in [-0.05, 0) is 88.0 Å². The zero-order chi connectivity index (χ0) is 20.9. The standard InChI is InChI=1S/C25H35N3O2/c1-19-11-15-28(16-12-19)23(22-8-4-3-7-20(22)2)17-26-25(29)24-10-9-21(30-24)18-27-13-5-6-14-27/h3-4,7-10,19,23H,5-6,11-18H2,1-2H3,(H,26,29). The van der Waals surface area contributed by atoms with Crippen LogP contribution in [0.25, 0.3) is 0 Å². The number of furan rings is 1. The average Bonchev–Trinajstić information content (AvgIpc) is 3.43. The first-order chi connectivity index (χ1) is 14.6. The number of likely N-dealkylation sites (tertiary alicyclic amines) is 2. The molecule has 162 valence electrons. The monoisotopic (exact) mass is 409 g/mol. The molecule has 0 bridgehead atoms. The smallest absolute Gasteiger partial charge is 0.287 e. The molecule has 2 saturated heterocycles. The first kappa shape index (κ1) is 21.1. The maximum absolute atomic E-state index is 12.8. The van der Waals surface area contributed by atoms with Crippen LogP contribution in [0.15, 0.2) is 40.8 Å². The van der Waals surface area contributed by atoms with Crippen LogP contribution in [0.2, 0.25) is 0 Å². The fraction of sp³-hybridized carbons (Fsp3) is 0.560. The van der Waals surface area contributed by atoms with Gasteiger partial charge in [-0.2, -0.15) is 0 Å². The van der Waals surface area contributed by atoms with E-state index in [1.165, 1.54) is 36.8 Å². The maximum atomic E-state index is 12.8. The summed E-state index contributed by atoms with van der Waals surface area (Å²) in [6.07, 6.45) is 4.94. The Labute approximate surface area is 180 Å². The van der Waals surface area contributed by atoms with E-state index < -0.39 is 0 Å². The van der Waals surface area contributed by atoms with Gasteiger partial charge >= 0.3 is 0 Å². The highest BCUT2D eigenvalue weighted by Gasteiger charge is 2.26. The molecule has 2 aromatic rings.